The summed E-state index contributed by atoms with van der Waals surface area (Å²) < 4.78 is 36.0. The molecule has 0 amide bonds. The van der Waals surface area contributed by atoms with Crippen molar-refractivity contribution in [3.8, 4) is 34.5 Å². The molecule has 0 aliphatic carbocycles. The Morgan fingerprint density at radius 2 is 0.628 bits per heavy atom. The summed E-state index contributed by atoms with van der Waals surface area (Å²) in [4.78, 5) is 77.9. The molecular weight excluding hydrogens is 1080 g/mol. The molecule has 0 bridgehead atoms. The number of ketones is 2. The second-order valence-electron chi connectivity index (χ2n) is 29.8. The molecule has 0 aromatic heterocycles. The Balaban J connectivity index is 0.000000451. The predicted molar refractivity (Wildman–Crippen MR) is 348 cm³/mol. The average molecular weight is 1190 g/mol. The molecule has 12 heteroatoms. The first-order valence-electron chi connectivity index (χ1n) is 30.5. The van der Waals surface area contributed by atoms with Crippen molar-refractivity contribution in [2.45, 2.75) is 227 Å². The summed E-state index contributed by atoms with van der Waals surface area (Å²) in [6.45, 7) is 52.1. The zero-order valence-corrected chi connectivity index (χ0v) is 57.2. The van der Waals surface area contributed by atoms with Crippen LogP contribution in [0.15, 0.2) is 72.8 Å². The van der Waals surface area contributed by atoms with Gasteiger partial charge in [-0.1, -0.05) is 96.9 Å². The van der Waals surface area contributed by atoms with Crippen molar-refractivity contribution in [3.63, 3.8) is 0 Å². The first-order valence-corrected chi connectivity index (χ1v) is 30.5. The van der Waals surface area contributed by atoms with E-state index >= 15 is 0 Å². The van der Waals surface area contributed by atoms with E-state index in [1.807, 2.05) is 55.4 Å². The van der Waals surface area contributed by atoms with Crippen molar-refractivity contribution in [3.05, 3.63) is 117 Å². The number of carbonyl (C=O) groups excluding carboxylic acids is 6. The third kappa shape index (κ3) is 20.1. The van der Waals surface area contributed by atoms with E-state index in [-0.39, 0.29) is 57.1 Å². The van der Waals surface area contributed by atoms with E-state index in [1.165, 1.54) is 12.2 Å². The molecule has 12 nitrogen and oxygen atoms in total. The Bertz CT molecular complexity index is 3100. The SMILES string of the molecule is CCCOc1c(C(C)(C)C)cc(C(C)(C)C)c(OC(=O)C(C)(C)C)c1C=CC(=O)c1ccc(OC(=O)C(C)(C)C)cc1.CCCOc1c(C(C)(C)CC)cc(C(C)(C)CC)c(OC(=O)C(C)(C)C)c1C=CC(=O)c1ccc(OC(=O)C(C)(C)C)cc1. The van der Waals surface area contributed by atoms with E-state index < -0.39 is 21.7 Å². The van der Waals surface area contributed by atoms with Crippen LogP contribution in [-0.2, 0) is 40.8 Å². The molecule has 472 valence electrons. The number of hydrogen-bond acceptors (Lipinski definition) is 12. The van der Waals surface area contributed by atoms with Crippen LogP contribution in [-0.4, -0.2) is 48.7 Å². The summed E-state index contributed by atoms with van der Waals surface area (Å²) in [6.07, 6.45) is 9.61. The second-order valence-corrected chi connectivity index (χ2v) is 29.8. The minimum absolute atomic E-state index is 0.246. The molecule has 0 N–H and O–H groups in total. The Hall–Kier alpha value is -6.82. The zero-order chi connectivity index (χ0) is 65.9. The topological polar surface area (TPSA) is 158 Å². The molecule has 0 radical (unpaired) electrons. The minimum Gasteiger partial charge on any atom is -0.493 e. The van der Waals surface area contributed by atoms with Gasteiger partial charge in [-0.25, -0.2) is 0 Å². The molecule has 4 aromatic carbocycles. The monoisotopic (exact) mass is 1180 g/mol. The van der Waals surface area contributed by atoms with Crippen LogP contribution in [0.1, 0.15) is 260 Å². The number of carbonyl (C=O) groups is 6. The van der Waals surface area contributed by atoms with Gasteiger partial charge >= 0.3 is 23.9 Å². The van der Waals surface area contributed by atoms with E-state index in [0.717, 1.165) is 47.9 Å². The van der Waals surface area contributed by atoms with Crippen molar-refractivity contribution in [2.24, 2.45) is 21.7 Å². The first-order chi connectivity index (χ1) is 39.3. The van der Waals surface area contributed by atoms with Crippen LogP contribution in [0.5, 0.6) is 34.5 Å². The van der Waals surface area contributed by atoms with Crippen LogP contribution in [0.25, 0.3) is 12.2 Å². The molecular formula is C74H104O12. The molecule has 0 heterocycles. The van der Waals surface area contributed by atoms with Crippen LogP contribution < -0.4 is 28.4 Å². The molecule has 0 saturated heterocycles. The van der Waals surface area contributed by atoms with E-state index in [4.69, 9.17) is 28.4 Å². The fraction of sp³-hybridized carbons (Fsp3) is 0.541. The largest absolute Gasteiger partial charge is 0.493 e. The van der Waals surface area contributed by atoms with Crippen LogP contribution in [0.2, 0.25) is 0 Å². The molecule has 0 unspecified atom stereocenters. The van der Waals surface area contributed by atoms with Crippen LogP contribution >= 0.6 is 0 Å². The van der Waals surface area contributed by atoms with Crippen LogP contribution in [0.4, 0.5) is 0 Å². The lowest BCUT2D eigenvalue weighted by Gasteiger charge is -2.34. The van der Waals surface area contributed by atoms with Crippen molar-refractivity contribution in [1.82, 2.24) is 0 Å². The lowest BCUT2D eigenvalue weighted by molar-refractivity contribution is -0.143. The third-order valence-electron chi connectivity index (χ3n) is 14.6. The smallest absolute Gasteiger partial charge is 0.316 e. The third-order valence-corrected chi connectivity index (χ3v) is 14.6. The number of hydrogen-bond donors (Lipinski definition) is 0. The zero-order valence-electron chi connectivity index (χ0n) is 57.2. The number of rotatable bonds is 20. The van der Waals surface area contributed by atoms with E-state index in [2.05, 4.69) is 95.2 Å². The second kappa shape index (κ2) is 28.8. The van der Waals surface area contributed by atoms with Crippen molar-refractivity contribution in [1.29, 1.82) is 0 Å². The van der Waals surface area contributed by atoms with Gasteiger partial charge in [-0.05, 0) is 215 Å². The maximum atomic E-state index is 13.5. The minimum atomic E-state index is -0.742. The molecule has 0 aliphatic heterocycles. The summed E-state index contributed by atoms with van der Waals surface area (Å²) in [6, 6.07) is 17.2. The molecule has 4 aromatic rings. The molecule has 0 saturated carbocycles. The number of esters is 4. The quantitative estimate of drug-likeness (QED) is 0.0357. The predicted octanol–water partition coefficient (Wildman–Crippen LogP) is 18.5. The lowest BCUT2D eigenvalue weighted by atomic mass is 9.74. The summed E-state index contributed by atoms with van der Waals surface area (Å²) in [5.41, 5.74) is 1.71. The highest BCUT2D eigenvalue weighted by Crippen LogP contribution is 2.49. The molecule has 86 heavy (non-hydrogen) atoms. The van der Waals surface area contributed by atoms with Crippen LogP contribution in [0.3, 0.4) is 0 Å². The fourth-order valence-electron chi connectivity index (χ4n) is 7.98. The van der Waals surface area contributed by atoms with Gasteiger partial charge < -0.3 is 28.4 Å². The van der Waals surface area contributed by atoms with E-state index in [9.17, 15) is 28.8 Å². The Morgan fingerprint density at radius 1 is 0.360 bits per heavy atom. The first kappa shape index (κ1) is 73.4. The van der Waals surface area contributed by atoms with Gasteiger partial charge in [0.15, 0.2) is 11.6 Å². The summed E-state index contributed by atoms with van der Waals surface area (Å²) >= 11 is 0. The van der Waals surface area contributed by atoms with Gasteiger partial charge in [0.25, 0.3) is 0 Å². The number of allylic oxidation sites excluding steroid dienone is 2. The average Bonchev–Trinajstić information content (AvgIpc) is 0.787. The number of benzene rings is 4. The highest BCUT2D eigenvalue weighted by atomic mass is 16.6. The highest BCUT2D eigenvalue weighted by Gasteiger charge is 2.37. The standard InChI is InChI=1S/C38H54O6.C36H50O6/c1-14-23-42-31-27(21-22-30(39)25-17-19-26(20-18-25)43-33(40)35(4,5)6)32(44-34(41)36(7,8)9)29(38(12,13)16-3)24-28(31)37(10,11)15-2;1-14-21-40-29-25(19-20-28(37)23-15-17-24(18-16-23)41-31(38)35(8,9)10)30(42-32(39)36(11,12)13)27(34(5,6)7)22-26(29)33(2,3)4/h17-22,24H,14-16,23H2,1-13H3;15-20,22H,14,21H2,1-13H3. The molecule has 0 aliphatic rings. The van der Waals surface area contributed by atoms with Gasteiger partial charge in [-0.3, -0.25) is 28.8 Å². The van der Waals surface area contributed by atoms with Gasteiger partial charge in [0.1, 0.15) is 34.5 Å². The van der Waals surface area contributed by atoms with Gasteiger partial charge in [0.2, 0.25) is 0 Å². The Labute approximate surface area is 516 Å². The normalized spacial score (nSPS) is 12.8. The van der Waals surface area contributed by atoms with Crippen LogP contribution in [0, 0.1) is 21.7 Å². The van der Waals surface area contributed by atoms with Crippen molar-refractivity contribution < 1.29 is 57.2 Å². The molecule has 0 fully saturated rings. The van der Waals surface area contributed by atoms with Gasteiger partial charge in [-0.2, -0.15) is 0 Å². The molecule has 0 atom stereocenters. The fourth-order valence-corrected chi connectivity index (χ4v) is 7.98. The maximum absolute atomic E-state index is 13.5. The summed E-state index contributed by atoms with van der Waals surface area (Å²) in [5.74, 6) is 0.842. The van der Waals surface area contributed by atoms with E-state index in [0.29, 0.717) is 70.0 Å². The van der Waals surface area contributed by atoms with Gasteiger partial charge in [-0.15, -0.1) is 0 Å². The lowest BCUT2D eigenvalue weighted by Crippen LogP contribution is -2.29. The Morgan fingerprint density at radius 3 is 0.919 bits per heavy atom. The Kier molecular flexibility index (Phi) is 24.6. The van der Waals surface area contributed by atoms with Gasteiger partial charge in [0.05, 0.1) is 46.0 Å². The number of ether oxygens (including phenoxy) is 6. The highest BCUT2D eigenvalue weighted by molar-refractivity contribution is 6.08. The molecule has 0 spiro atoms. The maximum Gasteiger partial charge on any atom is 0.316 e. The van der Waals surface area contributed by atoms with Crippen molar-refractivity contribution >= 4 is 47.6 Å². The van der Waals surface area contributed by atoms with Crippen molar-refractivity contribution in [2.75, 3.05) is 13.2 Å². The summed E-state index contributed by atoms with van der Waals surface area (Å²) in [7, 11) is 0. The summed E-state index contributed by atoms with van der Waals surface area (Å²) in [5, 5.41) is 0. The van der Waals surface area contributed by atoms with E-state index in [1.54, 1.807) is 102 Å². The molecule has 4 rings (SSSR count). The van der Waals surface area contributed by atoms with Gasteiger partial charge in [0, 0.05) is 33.4 Å².